The maximum atomic E-state index is 12.5. The largest absolute Gasteiger partial charge is 0.422 e. The van der Waals surface area contributed by atoms with E-state index in [1.54, 1.807) is 56.3 Å². The molecule has 14 nitrogen and oxygen atoms in total. The number of anilines is 2. The Morgan fingerprint density at radius 3 is 1.50 bits per heavy atom. The van der Waals surface area contributed by atoms with Crippen LogP contribution in [-0.2, 0) is 0 Å². The standard InChI is InChI=1S/C36H28N10O4S2/c1-19(27-16-23-10-5-7-14-29(23)49-33(27)47)39-45-35-37-21(3)31(51-35)43-41-25-12-9-13-26(18-25)42-44-32-22(4)38-36(52-32)46-40-20(2)28-17-24-11-6-8-15-30(24)50-34(28)48/h5-18H,1-4H3,(H,37,45)(H,38,46)/b39-19+,40-20+,43-41?,44-42?. The zero-order chi connectivity index (χ0) is 36.2. The highest BCUT2D eigenvalue weighted by Gasteiger charge is 2.12. The first kappa shape index (κ1) is 34.0. The fraction of sp³-hybridized carbons (Fsp3) is 0.111. The van der Waals surface area contributed by atoms with Gasteiger partial charge in [-0.25, -0.2) is 19.6 Å². The van der Waals surface area contributed by atoms with E-state index in [4.69, 9.17) is 8.83 Å². The molecule has 258 valence electrons. The van der Waals surface area contributed by atoms with E-state index in [9.17, 15) is 9.59 Å². The van der Waals surface area contributed by atoms with Gasteiger partial charge in [-0.15, -0.1) is 20.5 Å². The second kappa shape index (κ2) is 14.8. The third-order valence-corrected chi connectivity index (χ3v) is 9.48. The second-order valence-electron chi connectivity index (χ2n) is 11.3. The molecule has 0 saturated carbocycles. The quantitative estimate of drug-likeness (QED) is 0.0603. The Labute approximate surface area is 303 Å². The summed E-state index contributed by atoms with van der Waals surface area (Å²) < 4.78 is 10.8. The Hall–Kier alpha value is -6.52. The predicted octanol–water partition coefficient (Wildman–Crippen LogP) is 9.93. The van der Waals surface area contributed by atoms with Crippen molar-refractivity contribution in [3.8, 4) is 0 Å². The fourth-order valence-electron chi connectivity index (χ4n) is 4.89. The fourth-order valence-corrected chi connectivity index (χ4v) is 6.36. The van der Waals surface area contributed by atoms with Gasteiger partial charge >= 0.3 is 11.3 Å². The Kier molecular flexibility index (Phi) is 9.64. The molecule has 7 rings (SSSR count). The Balaban J connectivity index is 0.997. The number of fused-ring (bicyclic) bond motifs is 2. The Morgan fingerprint density at radius 2 is 1.04 bits per heavy atom. The number of nitrogens with zero attached hydrogens (tertiary/aromatic N) is 8. The zero-order valence-corrected chi connectivity index (χ0v) is 29.7. The van der Waals surface area contributed by atoms with Crippen LogP contribution in [0.15, 0.2) is 134 Å². The van der Waals surface area contributed by atoms with E-state index < -0.39 is 11.3 Å². The minimum atomic E-state index is -0.469. The summed E-state index contributed by atoms with van der Waals surface area (Å²) in [6.45, 7) is 7.08. The van der Waals surface area contributed by atoms with Gasteiger partial charge in [0, 0.05) is 10.8 Å². The van der Waals surface area contributed by atoms with Gasteiger partial charge in [0.25, 0.3) is 0 Å². The van der Waals surface area contributed by atoms with E-state index in [2.05, 4.69) is 51.5 Å². The molecule has 0 saturated heterocycles. The topological polar surface area (TPSA) is 184 Å². The zero-order valence-electron chi connectivity index (χ0n) is 28.1. The molecule has 0 amide bonds. The van der Waals surface area contributed by atoms with Crippen molar-refractivity contribution in [1.29, 1.82) is 0 Å². The highest BCUT2D eigenvalue weighted by atomic mass is 32.1. The molecule has 0 unspecified atom stereocenters. The normalized spacial score (nSPS) is 12.5. The average Bonchev–Trinajstić information content (AvgIpc) is 3.70. The van der Waals surface area contributed by atoms with E-state index >= 15 is 0 Å². The van der Waals surface area contributed by atoms with Gasteiger partial charge in [-0.2, -0.15) is 10.2 Å². The highest BCUT2D eigenvalue weighted by molar-refractivity contribution is 7.19. The Bertz CT molecular complexity index is 2530. The lowest BCUT2D eigenvalue weighted by Gasteiger charge is -2.02. The maximum absolute atomic E-state index is 12.5. The monoisotopic (exact) mass is 728 g/mol. The summed E-state index contributed by atoms with van der Waals surface area (Å²) in [6.07, 6.45) is 0. The molecule has 4 aromatic heterocycles. The smallest absolute Gasteiger partial charge is 0.345 e. The third-order valence-electron chi connectivity index (χ3n) is 7.59. The van der Waals surface area contributed by atoms with Crippen LogP contribution in [0, 0.1) is 13.8 Å². The van der Waals surface area contributed by atoms with Crippen molar-refractivity contribution in [2.75, 3.05) is 10.9 Å². The number of aromatic nitrogens is 2. The van der Waals surface area contributed by atoms with E-state index in [1.165, 1.54) is 22.7 Å². The number of hydrogen-bond acceptors (Lipinski definition) is 16. The van der Waals surface area contributed by atoms with E-state index in [0.29, 0.717) is 76.7 Å². The van der Waals surface area contributed by atoms with Gasteiger partial charge in [-0.05, 0) is 70.2 Å². The lowest BCUT2D eigenvalue weighted by Crippen LogP contribution is -2.13. The second-order valence-corrected chi connectivity index (χ2v) is 13.3. The van der Waals surface area contributed by atoms with Gasteiger partial charge in [-0.1, -0.05) is 65.1 Å². The van der Waals surface area contributed by atoms with Crippen molar-refractivity contribution < 1.29 is 8.83 Å². The molecule has 3 aromatic carbocycles. The minimum absolute atomic E-state index is 0.355. The van der Waals surface area contributed by atoms with Crippen LogP contribution in [0.5, 0.6) is 0 Å². The molecule has 52 heavy (non-hydrogen) atoms. The molecule has 0 aliphatic heterocycles. The van der Waals surface area contributed by atoms with Crippen LogP contribution in [0.2, 0.25) is 0 Å². The molecule has 4 heterocycles. The number of benzene rings is 3. The van der Waals surface area contributed by atoms with Crippen molar-refractivity contribution in [1.82, 2.24) is 9.97 Å². The molecule has 0 spiro atoms. The molecule has 0 fully saturated rings. The van der Waals surface area contributed by atoms with Crippen molar-refractivity contribution in [3.05, 3.63) is 128 Å². The van der Waals surface area contributed by atoms with Crippen LogP contribution in [-0.4, -0.2) is 21.4 Å². The molecule has 16 heteroatoms. The van der Waals surface area contributed by atoms with Gasteiger partial charge in [-0.3, -0.25) is 10.9 Å². The van der Waals surface area contributed by atoms with E-state index in [1.807, 2.05) is 56.3 Å². The summed E-state index contributed by atoms with van der Waals surface area (Å²) in [5, 5.41) is 30.0. The van der Waals surface area contributed by atoms with Crippen molar-refractivity contribution >= 4 is 87.7 Å². The van der Waals surface area contributed by atoms with Gasteiger partial charge < -0.3 is 8.83 Å². The minimum Gasteiger partial charge on any atom is -0.422 e. The lowest BCUT2D eigenvalue weighted by molar-refractivity contribution is 0.559. The van der Waals surface area contributed by atoms with Gasteiger partial charge in [0.15, 0.2) is 10.0 Å². The molecular weight excluding hydrogens is 701 g/mol. The number of rotatable bonds is 10. The van der Waals surface area contributed by atoms with Crippen LogP contribution in [0.3, 0.4) is 0 Å². The van der Waals surface area contributed by atoms with Gasteiger partial charge in [0.05, 0.1) is 45.3 Å². The first-order valence-corrected chi connectivity index (χ1v) is 17.4. The van der Waals surface area contributed by atoms with Crippen LogP contribution < -0.4 is 22.1 Å². The summed E-state index contributed by atoms with van der Waals surface area (Å²) in [5.41, 5.74) is 10.0. The number of thiazole rings is 2. The third kappa shape index (κ3) is 7.62. The first-order valence-electron chi connectivity index (χ1n) is 15.8. The summed E-state index contributed by atoms with van der Waals surface area (Å²) in [5.74, 6) is 0. The number of nitrogens with one attached hydrogen (secondary N) is 2. The average molecular weight is 729 g/mol. The van der Waals surface area contributed by atoms with Crippen molar-refractivity contribution in [2.24, 2.45) is 30.7 Å². The number of hydrogen-bond donors (Lipinski definition) is 2. The van der Waals surface area contributed by atoms with Gasteiger partial charge in [0.1, 0.15) is 11.2 Å². The van der Waals surface area contributed by atoms with Crippen LogP contribution in [0.25, 0.3) is 21.9 Å². The molecule has 0 aliphatic carbocycles. The van der Waals surface area contributed by atoms with Crippen LogP contribution >= 0.6 is 22.7 Å². The van der Waals surface area contributed by atoms with Crippen LogP contribution in [0.1, 0.15) is 36.4 Å². The number of azo groups is 2. The van der Waals surface area contributed by atoms with Crippen molar-refractivity contribution in [3.63, 3.8) is 0 Å². The summed E-state index contributed by atoms with van der Waals surface area (Å²) in [4.78, 5) is 33.9. The van der Waals surface area contributed by atoms with Crippen LogP contribution in [0.4, 0.5) is 31.6 Å². The van der Waals surface area contributed by atoms with Crippen molar-refractivity contribution in [2.45, 2.75) is 27.7 Å². The summed E-state index contributed by atoms with van der Waals surface area (Å²) >= 11 is 2.54. The molecular formula is C36H28N10O4S2. The van der Waals surface area contributed by atoms with E-state index in [-0.39, 0.29) is 0 Å². The summed E-state index contributed by atoms with van der Waals surface area (Å²) in [7, 11) is 0. The summed E-state index contributed by atoms with van der Waals surface area (Å²) in [6, 6.07) is 25.3. The highest BCUT2D eigenvalue weighted by Crippen LogP contribution is 2.34. The molecule has 7 aromatic rings. The molecule has 0 aliphatic rings. The molecule has 2 N–H and O–H groups in total. The lowest BCUT2D eigenvalue weighted by atomic mass is 10.1. The van der Waals surface area contributed by atoms with E-state index in [0.717, 1.165) is 10.8 Å². The Morgan fingerprint density at radius 1 is 0.596 bits per heavy atom. The van der Waals surface area contributed by atoms with Gasteiger partial charge in [0.2, 0.25) is 10.3 Å². The maximum Gasteiger partial charge on any atom is 0.345 e. The number of hydrazone groups is 2. The number of aryl methyl sites for hydroxylation is 2. The molecule has 0 atom stereocenters. The molecule has 0 radical (unpaired) electrons. The first-order chi connectivity index (χ1) is 25.2. The molecule has 0 bridgehead atoms. The number of para-hydroxylation sites is 2. The predicted molar refractivity (Wildman–Crippen MR) is 205 cm³/mol. The SMILES string of the molecule is C/C(=N\Nc1nc(C)c(N=Nc2cccc(N=Nc3sc(N/N=C(\C)c4cc5ccccc5oc4=O)nc3C)c2)s1)c1cc2ccccc2oc1=O.